The van der Waals surface area contributed by atoms with Gasteiger partial charge in [0.1, 0.15) is 11.5 Å². The number of nitrogens with two attached hydrogens (primary N) is 1. The van der Waals surface area contributed by atoms with Gasteiger partial charge in [0.25, 0.3) is 5.91 Å². The van der Waals surface area contributed by atoms with Crippen molar-refractivity contribution in [3.8, 4) is 0 Å². The molecule has 3 aromatic rings. The minimum atomic E-state index is -4.28. The number of hydrogen-bond acceptors (Lipinski definition) is 8. The van der Waals surface area contributed by atoms with Gasteiger partial charge in [0.05, 0.1) is 22.5 Å². The lowest BCUT2D eigenvalue weighted by Gasteiger charge is -2.44. The van der Waals surface area contributed by atoms with Crippen LogP contribution in [0.3, 0.4) is 0 Å². The van der Waals surface area contributed by atoms with E-state index < -0.39 is 21.9 Å². The monoisotopic (exact) mass is 612 g/mol. The Morgan fingerprint density at radius 1 is 1.02 bits per heavy atom. The van der Waals surface area contributed by atoms with Crippen LogP contribution in [0.15, 0.2) is 30.3 Å². The number of carbonyl (C=O) groups excluding carboxylic acids is 1. The Labute approximate surface area is 252 Å². The van der Waals surface area contributed by atoms with Crippen LogP contribution in [0.25, 0.3) is 11.0 Å². The molecule has 3 aliphatic rings. The number of piperidine rings is 1. The molecule has 4 heterocycles. The Balaban J connectivity index is 1.36. The first-order valence-corrected chi connectivity index (χ1v) is 16.7. The summed E-state index contributed by atoms with van der Waals surface area (Å²) in [6.45, 7) is 10.3. The highest BCUT2D eigenvalue weighted by molar-refractivity contribution is 7.91. The summed E-state index contributed by atoms with van der Waals surface area (Å²) in [7, 11) is -2.89. The fraction of sp³-hybridized carbons (Fsp3) is 0.567. The zero-order valence-electron chi connectivity index (χ0n) is 25.1. The van der Waals surface area contributed by atoms with Crippen LogP contribution in [0.4, 0.5) is 15.8 Å². The van der Waals surface area contributed by atoms with Crippen LogP contribution in [-0.4, -0.2) is 96.7 Å². The van der Waals surface area contributed by atoms with Crippen molar-refractivity contribution in [1.29, 1.82) is 0 Å². The maximum Gasteiger partial charge on any atom is 0.347 e. The van der Waals surface area contributed by atoms with E-state index in [0.717, 1.165) is 85.5 Å². The molecular formula is C30H41FN8O3S. The number of primary amides is 1. The van der Waals surface area contributed by atoms with Gasteiger partial charge in [-0.2, -0.15) is 13.5 Å². The summed E-state index contributed by atoms with van der Waals surface area (Å²) in [6, 6.07) is 7.95. The average Bonchev–Trinajstić information content (AvgIpc) is 3.36. The minimum absolute atomic E-state index is 0.00428. The number of amides is 1. The number of benzene rings is 1. The molecular weight excluding hydrogens is 571 g/mol. The molecule has 0 unspecified atom stereocenters. The quantitative estimate of drug-likeness (QED) is 0.412. The molecule has 13 heteroatoms. The molecule has 6 rings (SSSR count). The Morgan fingerprint density at radius 3 is 2.23 bits per heavy atom. The third kappa shape index (κ3) is 5.58. The van der Waals surface area contributed by atoms with E-state index in [1.165, 1.54) is 31.3 Å². The van der Waals surface area contributed by atoms with E-state index in [2.05, 4.69) is 38.6 Å². The van der Waals surface area contributed by atoms with E-state index in [-0.39, 0.29) is 22.9 Å². The maximum absolute atomic E-state index is 14.0. The third-order valence-electron chi connectivity index (χ3n) is 9.52. The number of nitrogens with zero attached hydrogens (tertiary/aromatic N) is 7. The first-order valence-electron chi connectivity index (χ1n) is 15.3. The summed E-state index contributed by atoms with van der Waals surface area (Å²) in [5.74, 6) is -1.10. The van der Waals surface area contributed by atoms with Crippen molar-refractivity contribution in [2.75, 3.05) is 55.5 Å². The molecule has 11 nitrogen and oxygen atoms in total. The zero-order valence-corrected chi connectivity index (χ0v) is 25.9. The molecule has 0 radical (unpaired) electrons. The van der Waals surface area contributed by atoms with Crippen LogP contribution in [0.1, 0.15) is 68.1 Å². The van der Waals surface area contributed by atoms with Crippen LogP contribution >= 0.6 is 0 Å². The number of pyridine rings is 1. The highest BCUT2D eigenvalue weighted by Crippen LogP contribution is 2.43. The molecule has 0 atom stereocenters. The van der Waals surface area contributed by atoms with E-state index in [1.54, 1.807) is 6.07 Å². The van der Waals surface area contributed by atoms with Gasteiger partial charge in [0.2, 0.25) is 0 Å². The fourth-order valence-corrected chi connectivity index (χ4v) is 7.75. The molecule has 1 aromatic carbocycles. The SMILES string of the molecule is CC(C)N1CCN(C2CCN(c3cc(C(N)=O)nc4c3c(C3CCC3)nn4S(=O)(=O)N(C)c3ccc(F)cc3)CC2)CC1. The van der Waals surface area contributed by atoms with Gasteiger partial charge in [0.15, 0.2) is 5.65 Å². The number of carbonyl (C=O) groups is 1. The lowest BCUT2D eigenvalue weighted by Crippen LogP contribution is -2.54. The van der Waals surface area contributed by atoms with Crippen molar-refractivity contribution in [2.45, 2.75) is 64.0 Å². The third-order valence-corrected chi connectivity index (χ3v) is 11.1. The minimum Gasteiger partial charge on any atom is -0.371 e. The van der Waals surface area contributed by atoms with Crippen LogP contribution in [0, 0.1) is 5.82 Å². The molecule has 2 saturated heterocycles. The van der Waals surface area contributed by atoms with Gasteiger partial charge >= 0.3 is 10.2 Å². The largest absolute Gasteiger partial charge is 0.371 e. The van der Waals surface area contributed by atoms with E-state index in [1.807, 2.05) is 0 Å². The van der Waals surface area contributed by atoms with Crippen molar-refractivity contribution in [3.05, 3.63) is 47.5 Å². The highest BCUT2D eigenvalue weighted by atomic mass is 32.2. The molecule has 232 valence electrons. The number of halogens is 1. The van der Waals surface area contributed by atoms with Crippen molar-refractivity contribution in [3.63, 3.8) is 0 Å². The smallest absolute Gasteiger partial charge is 0.347 e. The fourth-order valence-electron chi connectivity index (χ4n) is 6.59. The van der Waals surface area contributed by atoms with Crippen LogP contribution in [0.5, 0.6) is 0 Å². The first-order chi connectivity index (χ1) is 20.5. The maximum atomic E-state index is 14.0. The summed E-state index contributed by atoms with van der Waals surface area (Å²) >= 11 is 0. The van der Waals surface area contributed by atoms with E-state index in [0.29, 0.717) is 23.2 Å². The van der Waals surface area contributed by atoms with Gasteiger partial charge in [-0.15, -0.1) is 4.09 Å². The molecule has 2 aliphatic heterocycles. The van der Waals surface area contributed by atoms with E-state index >= 15 is 0 Å². The van der Waals surface area contributed by atoms with Gasteiger partial charge in [-0.25, -0.2) is 9.37 Å². The Morgan fingerprint density at radius 2 is 1.67 bits per heavy atom. The van der Waals surface area contributed by atoms with Crippen molar-refractivity contribution in [2.24, 2.45) is 5.73 Å². The van der Waals surface area contributed by atoms with Crippen molar-refractivity contribution < 1.29 is 17.6 Å². The van der Waals surface area contributed by atoms with Crippen molar-refractivity contribution in [1.82, 2.24) is 24.0 Å². The molecule has 1 saturated carbocycles. The summed E-state index contributed by atoms with van der Waals surface area (Å²) < 4.78 is 43.5. The number of fused-ring (bicyclic) bond motifs is 1. The molecule has 1 aliphatic carbocycles. The first kappa shape index (κ1) is 29.8. The molecule has 1 amide bonds. The number of hydrogen-bond donors (Lipinski definition) is 1. The van der Waals surface area contributed by atoms with Crippen molar-refractivity contribution >= 4 is 38.5 Å². The number of anilines is 2. The van der Waals surface area contributed by atoms with Crippen LogP contribution < -0.4 is 14.9 Å². The summed E-state index contributed by atoms with van der Waals surface area (Å²) in [6.07, 6.45) is 4.79. The van der Waals surface area contributed by atoms with Gasteiger partial charge in [-0.05, 0) is 69.9 Å². The second-order valence-electron chi connectivity index (χ2n) is 12.3. The topological polar surface area (TPSA) is 121 Å². The molecule has 3 fully saturated rings. The summed E-state index contributed by atoms with van der Waals surface area (Å²) in [5, 5.41) is 5.33. The number of piperazine rings is 1. The molecule has 43 heavy (non-hydrogen) atoms. The lowest BCUT2D eigenvalue weighted by atomic mass is 9.82. The number of aromatic nitrogens is 3. The molecule has 2 N–H and O–H groups in total. The zero-order chi connectivity index (χ0) is 30.5. The molecule has 2 aromatic heterocycles. The Bertz CT molecular complexity index is 1590. The second kappa shape index (κ2) is 11.7. The highest BCUT2D eigenvalue weighted by Gasteiger charge is 2.35. The van der Waals surface area contributed by atoms with Gasteiger partial charge in [-0.3, -0.25) is 18.9 Å². The van der Waals surface area contributed by atoms with Crippen LogP contribution in [-0.2, 0) is 10.2 Å². The standard InChI is InChI=1S/C30H41FN8O3S/c1-20(2)36-15-17-37(18-16-36)24-11-13-38(14-12-24)26-19-25(29(32)40)33-30-27(26)28(21-5-4-6-21)34-39(30)43(41,42)35(3)23-9-7-22(31)8-10-23/h7-10,19-21,24H,4-6,11-18H2,1-3H3,(H2,32,40). The summed E-state index contributed by atoms with van der Waals surface area (Å²) in [4.78, 5) is 24.3. The van der Waals surface area contributed by atoms with Gasteiger partial charge in [0, 0.05) is 64.3 Å². The normalized spacial score (nSPS) is 19.7. The predicted octanol–water partition coefficient (Wildman–Crippen LogP) is 3.16. The lowest BCUT2D eigenvalue weighted by molar-refractivity contribution is 0.0692. The van der Waals surface area contributed by atoms with E-state index in [4.69, 9.17) is 5.73 Å². The van der Waals surface area contributed by atoms with Crippen LogP contribution in [0.2, 0.25) is 0 Å². The second-order valence-corrected chi connectivity index (χ2v) is 14.1. The predicted molar refractivity (Wildman–Crippen MR) is 165 cm³/mol. The summed E-state index contributed by atoms with van der Waals surface area (Å²) in [5.41, 5.74) is 7.53. The molecule has 0 spiro atoms. The Kier molecular flexibility index (Phi) is 8.07. The molecule has 0 bridgehead atoms. The van der Waals surface area contributed by atoms with E-state index in [9.17, 15) is 17.6 Å². The number of rotatable bonds is 8. The van der Waals surface area contributed by atoms with Gasteiger partial charge < -0.3 is 10.6 Å². The Hall–Kier alpha value is -3.29. The van der Waals surface area contributed by atoms with Gasteiger partial charge in [-0.1, -0.05) is 6.42 Å². The average molecular weight is 613 g/mol.